The largest absolute Gasteiger partial charge is 0.332 e. The van der Waals surface area contributed by atoms with Crippen molar-refractivity contribution in [1.82, 2.24) is 18.7 Å². The number of rotatable bonds is 5. The number of hydrogen-bond donors (Lipinski definition) is 0. The summed E-state index contributed by atoms with van der Waals surface area (Å²) in [5.74, 6) is 1.54. The number of fused-ring (bicyclic) bond motifs is 1. The van der Waals surface area contributed by atoms with Gasteiger partial charge < -0.3 is 4.57 Å². The molecule has 0 aliphatic rings. The van der Waals surface area contributed by atoms with Gasteiger partial charge in [0.05, 0.1) is 0 Å². The zero-order valence-electron chi connectivity index (χ0n) is 14.4. The van der Waals surface area contributed by atoms with Crippen LogP contribution in [-0.2, 0) is 20.1 Å². The number of hydrogen-bond acceptors (Lipinski definition) is 3. The summed E-state index contributed by atoms with van der Waals surface area (Å²) in [4.78, 5) is 29.6. The van der Waals surface area contributed by atoms with E-state index in [0.29, 0.717) is 29.5 Å². The van der Waals surface area contributed by atoms with E-state index in [1.165, 1.54) is 4.57 Å². The van der Waals surface area contributed by atoms with E-state index < -0.39 is 0 Å². The molecule has 0 bridgehead atoms. The highest BCUT2D eigenvalue weighted by atomic mass is 16.2. The van der Waals surface area contributed by atoms with Gasteiger partial charge in [0.25, 0.3) is 5.56 Å². The Morgan fingerprint density at radius 2 is 1.73 bits per heavy atom. The van der Waals surface area contributed by atoms with E-state index in [-0.39, 0.29) is 11.2 Å². The molecule has 0 aliphatic carbocycles. The van der Waals surface area contributed by atoms with Crippen molar-refractivity contribution in [3.63, 3.8) is 0 Å². The number of imidazole rings is 1. The van der Waals surface area contributed by atoms with Crippen molar-refractivity contribution in [2.75, 3.05) is 0 Å². The lowest BCUT2D eigenvalue weighted by Gasteiger charge is -2.14. The summed E-state index contributed by atoms with van der Waals surface area (Å²) in [6.45, 7) is 11.6. The van der Waals surface area contributed by atoms with Gasteiger partial charge in [0.15, 0.2) is 11.2 Å². The summed E-state index contributed by atoms with van der Waals surface area (Å²) in [6, 6.07) is 0. The molecule has 122 valence electrons. The highest BCUT2D eigenvalue weighted by Gasteiger charge is 2.19. The smallest absolute Gasteiger partial charge is 0.322 e. The van der Waals surface area contributed by atoms with Crippen LogP contribution in [0.2, 0.25) is 0 Å². The molecule has 0 saturated heterocycles. The molecule has 1 unspecified atom stereocenters. The lowest BCUT2D eigenvalue weighted by Crippen LogP contribution is -2.39. The molecule has 2 heterocycles. The molecule has 0 saturated carbocycles. The van der Waals surface area contributed by atoms with Gasteiger partial charge in [0.1, 0.15) is 5.82 Å². The summed E-state index contributed by atoms with van der Waals surface area (Å²) in [6.07, 6.45) is 0.975. The molecule has 2 aromatic heterocycles. The summed E-state index contributed by atoms with van der Waals surface area (Å²) in [5.41, 5.74) is 0.511. The van der Waals surface area contributed by atoms with E-state index in [1.54, 1.807) is 11.6 Å². The van der Waals surface area contributed by atoms with Crippen molar-refractivity contribution >= 4 is 11.2 Å². The summed E-state index contributed by atoms with van der Waals surface area (Å²) >= 11 is 0. The lowest BCUT2D eigenvalue weighted by atomic mass is 10.1. The number of nitrogens with zero attached hydrogens (tertiary/aromatic N) is 4. The molecule has 0 fully saturated rings. The Bertz CT molecular complexity index is 795. The van der Waals surface area contributed by atoms with Crippen LogP contribution in [0.3, 0.4) is 0 Å². The van der Waals surface area contributed by atoms with Crippen molar-refractivity contribution in [2.24, 2.45) is 18.9 Å². The second-order valence-corrected chi connectivity index (χ2v) is 6.61. The molecule has 0 N–H and O–H groups in total. The van der Waals surface area contributed by atoms with E-state index in [9.17, 15) is 9.59 Å². The minimum absolute atomic E-state index is 0.262. The molecular weight excluding hydrogens is 280 g/mol. The molecule has 0 aromatic carbocycles. The second kappa shape index (κ2) is 6.10. The van der Waals surface area contributed by atoms with Crippen molar-refractivity contribution in [1.29, 1.82) is 0 Å². The van der Waals surface area contributed by atoms with Gasteiger partial charge in [0, 0.05) is 20.1 Å². The predicted octanol–water partition coefficient (Wildman–Crippen LogP) is 1.91. The standard InChI is InChI=1S/C16H26N4O2/c1-7-11(4)9-20-14-13(15(21)18(6)16(20)22)19(8-10(2)3)12(5)17-14/h10-11H,7-9H2,1-6H3. The molecular formula is C16H26N4O2. The summed E-state index contributed by atoms with van der Waals surface area (Å²) in [5, 5.41) is 0. The van der Waals surface area contributed by atoms with Crippen molar-refractivity contribution in [3.8, 4) is 0 Å². The third-order valence-corrected chi connectivity index (χ3v) is 4.16. The van der Waals surface area contributed by atoms with E-state index in [2.05, 4.69) is 32.7 Å². The number of aryl methyl sites for hydroxylation is 1. The molecule has 6 heteroatoms. The Balaban J connectivity index is 2.81. The molecule has 2 rings (SSSR count). The Morgan fingerprint density at radius 1 is 1.09 bits per heavy atom. The van der Waals surface area contributed by atoms with Crippen molar-refractivity contribution in [2.45, 2.75) is 54.1 Å². The van der Waals surface area contributed by atoms with Crippen LogP contribution in [0, 0.1) is 18.8 Å². The van der Waals surface area contributed by atoms with Crippen LogP contribution < -0.4 is 11.2 Å². The van der Waals surface area contributed by atoms with Gasteiger partial charge in [-0.05, 0) is 18.8 Å². The highest BCUT2D eigenvalue weighted by molar-refractivity contribution is 5.71. The van der Waals surface area contributed by atoms with Gasteiger partial charge in [-0.1, -0.05) is 34.1 Å². The van der Waals surface area contributed by atoms with E-state index in [1.807, 2.05) is 11.5 Å². The van der Waals surface area contributed by atoms with Crippen molar-refractivity contribution in [3.05, 3.63) is 26.7 Å². The van der Waals surface area contributed by atoms with Crippen LogP contribution in [0.4, 0.5) is 0 Å². The Morgan fingerprint density at radius 3 is 2.27 bits per heavy atom. The average Bonchev–Trinajstić information content (AvgIpc) is 2.77. The Labute approximate surface area is 130 Å². The first-order chi connectivity index (χ1) is 10.3. The third-order valence-electron chi connectivity index (χ3n) is 4.16. The van der Waals surface area contributed by atoms with Crippen LogP contribution in [0.25, 0.3) is 11.2 Å². The molecule has 0 radical (unpaired) electrons. The minimum atomic E-state index is -0.285. The van der Waals surface area contributed by atoms with Gasteiger partial charge in [-0.25, -0.2) is 9.78 Å². The summed E-state index contributed by atoms with van der Waals surface area (Å²) < 4.78 is 4.78. The van der Waals surface area contributed by atoms with Crippen LogP contribution in [0.5, 0.6) is 0 Å². The van der Waals surface area contributed by atoms with Gasteiger partial charge in [0.2, 0.25) is 0 Å². The fraction of sp³-hybridized carbons (Fsp3) is 0.688. The zero-order chi connectivity index (χ0) is 16.6. The van der Waals surface area contributed by atoms with Gasteiger partial charge in [-0.3, -0.25) is 13.9 Å². The molecule has 0 amide bonds. The van der Waals surface area contributed by atoms with Gasteiger partial charge in [-0.15, -0.1) is 0 Å². The quantitative estimate of drug-likeness (QED) is 0.847. The maximum Gasteiger partial charge on any atom is 0.332 e. The molecule has 6 nitrogen and oxygen atoms in total. The lowest BCUT2D eigenvalue weighted by molar-refractivity contribution is 0.453. The van der Waals surface area contributed by atoms with Gasteiger partial charge in [-0.2, -0.15) is 0 Å². The monoisotopic (exact) mass is 306 g/mol. The molecule has 1 atom stereocenters. The minimum Gasteiger partial charge on any atom is -0.322 e. The van der Waals surface area contributed by atoms with Crippen LogP contribution >= 0.6 is 0 Å². The maximum absolute atomic E-state index is 12.6. The first kappa shape index (κ1) is 16.5. The number of aromatic nitrogens is 4. The topological polar surface area (TPSA) is 61.8 Å². The van der Waals surface area contributed by atoms with E-state index in [4.69, 9.17) is 0 Å². The van der Waals surface area contributed by atoms with Crippen LogP contribution in [-0.4, -0.2) is 18.7 Å². The zero-order valence-corrected chi connectivity index (χ0v) is 14.4. The first-order valence-corrected chi connectivity index (χ1v) is 7.94. The van der Waals surface area contributed by atoms with E-state index in [0.717, 1.165) is 18.8 Å². The van der Waals surface area contributed by atoms with Crippen molar-refractivity contribution < 1.29 is 0 Å². The average molecular weight is 306 g/mol. The predicted molar refractivity (Wildman–Crippen MR) is 88.3 cm³/mol. The second-order valence-electron chi connectivity index (χ2n) is 6.61. The van der Waals surface area contributed by atoms with Crippen LogP contribution in [0.15, 0.2) is 9.59 Å². The fourth-order valence-electron chi connectivity index (χ4n) is 2.66. The maximum atomic E-state index is 12.6. The van der Waals surface area contributed by atoms with Gasteiger partial charge >= 0.3 is 5.69 Å². The molecule has 0 aliphatic heterocycles. The Kier molecular flexibility index (Phi) is 4.58. The fourth-order valence-corrected chi connectivity index (χ4v) is 2.66. The van der Waals surface area contributed by atoms with E-state index >= 15 is 0 Å². The third kappa shape index (κ3) is 2.74. The molecule has 2 aromatic rings. The van der Waals surface area contributed by atoms with Crippen LogP contribution in [0.1, 0.15) is 39.9 Å². The molecule has 0 spiro atoms. The normalized spacial score (nSPS) is 13.2. The highest BCUT2D eigenvalue weighted by Crippen LogP contribution is 2.15. The Hall–Kier alpha value is -1.85. The SMILES string of the molecule is CCC(C)Cn1c(=O)n(C)c(=O)c2c1nc(C)n2CC(C)C. The first-order valence-electron chi connectivity index (χ1n) is 7.94. The summed E-state index contributed by atoms with van der Waals surface area (Å²) in [7, 11) is 1.54. The molecule has 22 heavy (non-hydrogen) atoms.